The van der Waals surface area contributed by atoms with Crippen LogP contribution in [0.25, 0.3) is 0 Å². The standard InChI is InChI=1S/C22H18N2O6S/c1-28-13-8-7-10(9-14(13)29-2)24-20(25)16-15-11-5-3-4-6-12(11)30-22(27)17(15)19(23)31-18(16)21(24)26/h3-9,15-16,18H,23H2,1-2H3/t15-,16-,18+/m1/s1. The van der Waals surface area contributed by atoms with Crippen molar-refractivity contribution in [3.05, 3.63) is 58.6 Å². The highest BCUT2D eigenvalue weighted by Crippen LogP contribution is 2.54. The average molecular weight is 438 g/mol. The molecular weight excluding hydrogens is 420 g/mol. The van der Waals surface area contributed by atoms with E-state index in [-0.39, 0.29) is 16.5 Å². The molecule has 0 aliphatic carbocycles. The Labute approximate surface area is 181 Å². The first kappa shape index (κ1) is 19.5. The van der Waals surface area contributed by atoms with Gasteiger partial charge in [-0.15, -0.1) is 0 Å². The van der Waals surface area contributed by atoms with Crippen LogP contribution in [0.1, 0.15) is 11.5 Å². The summed E-state index contributed by atoms with van der Waals surface area (Å²) in [5, 5.41) is -0.533. The third-order valence-corrected chi connectivity index (χ3v) is 7.01. The molecule has 3 aliphatic heterocycles. The van der Waals surface area contributed by atoms with Gasteiger partial charge in [-0.1, -0.05) is 30.0 Å². The average Bonchev–Trinajstić information content (AvgIpc) is 3.02. The lowest BCUT2D eigenvalue weighted by atomic mass is 9.77. The van der Waals surface area contributed by atoms with Crippen molar-refractivity contribution < 1.29 is 28.6 Å². The van der Waals surface area contributed by atoms with Gasteiger partial charge >= 0.3 is 5.97 Å². The van der Waals surface area contributed by atoms with Gasteiger partial charge in [-0.2, -0.15) is 0 Å². The number of amides is 2. The van der Waals surface area contributed by atoms with Gasteiger partial charge in [-0.25, -0.2) is 9.69 Å². The fourth-order valence-electron chi connectivity index (χ4n) is 4.42. The number of methoxy groups -OCH3 is 2. The molecule has 2 aromatic rings. The van der Waals surface area contributed by atoms with Crippen LogP contribution in [-0.4, -0.2) is 37.3 Å². The van der Waals surface area contributed by atoms with E-state index in [9.17, 15) is 14.4 Å². The number of carbonyl (C=O) groups excluding carboxylic acids is 3. The number of ether oxygens (including phenoxy) is 3. The normalized spacial score (nSPS) is 24.4. The molecular formula is C22H18N2O6S. The van der Waals surface area contributed by atoms with Gasteiger partial charge in [0.2, 0.25) is 11.8 Å². The summed E-state index contributed by atoms with van der Waals surface area (Å²) in [5.74, 6) is -1.53. The summed E-state index contributed by atoms with van der Waals surface area (Å²) in [5.41, 5.74) is 7.47. The number of hydrogen-bond donors (Lipinski definition) is 1. The second kappa shape index (κ2) is 7.05. The van der Waals surface area contributed by atoms with Gasteiger partial charge in [0.15, 0.2) is 11.5 Å². The summed E-state index contributed by atoms with van der Waals surface area (Å²) in [4.78, 5) is 40.7. The molecule has 31 heavy (non-hydrogen) atoms. The summed E-state index contributed by atoms with van der Waals surface area (Å²) in [6.45, 7) is 0. The smallest absolute Gasteiger partial charge is 0.342 e. The van der Waals surface area contributed by atoms with Gasteiger partial charge in [-0.05, 0) is 18.2 Å². The highest BCUT2D eigenvalue weighted by Gasteiger charge is 2.58. The molecule has 3 aliphatic rings. The van der Waals surface area contributed by atoms with Crippen LogP contribution in [0.2, 0.25) is 0 Å². The molecule has 1 saturated heterocycles. The number of nitrogens with two attached hydrogens (primary N) is 1. The summed E-state index contributed by atoms with van der Waals surface area (Å²) in [7, 11) is 2.98. The molecule has 1 fully saturated rings. The maximum Gasteiger partial charge on any atom is 0.342 e. The Hall–Kier alpha value is -3.46. The van der Waals surface area contributed by atoms with Gasteiger partial charge in [-0.3, -0.25) is 9.59 Å². The Kier molecular flexibility index (Phi) is 4.44. The van der Waals surface area contributed by atoms with E-state index in [1.54, 1.807) is 42.5 Å². The quantitative estimate of drug-likeness (QED) is 0.441. The van der Waals surface area contributed by atoms with E-state index in [1.807, 2.05) is 0 Å². The molecule has 158 valence electrons. The Morgan fingerprint density at radius 2 is 1.74 bits per heavy atom. The first-order valence-corrected chi connectivity index (χ1v) is 10.4. The molecule has 2 aromatic carbocycles. The fourth-order valence-corrected chi connectivity index (χ4v) is 5.66. The molecule has 2 N–H and O–H groups in total. The van der Waals surface area contributed by atoms with E-state index < -0.39 is 29.0 Å². The van der Waals surface area contributed by atoms with Gasteiger partial charge in [0.1, 0.15) is 11.0 Å². The zero-order chi connectivity index (χ0) is 21.9. The first-order valence-electron chi connectivity index (χ1n) is 9.53. The molecule has 2 amide bonds. The zero-order valence-corrected chi connectivity index (χ0v) is 17.5. The van der Waals surface area contributed by atoms with Crippen LogP contribution in [-0.2, 0) is 14.4 Å². The minimum absolute atomic E-state index is 0.209. The molecule has 0 saturated carbocycles. The number of thioether (sulfide) groups is 1. The van der Waals surface area contributed by atoms with E-state index in [2.05, 4.69) is 0 Å². The maximum absolute atomic E-state index is 13.6. The summed E-state index contributed by atoms with van der Waals surface area (Å²) in [6.07, 6.45) is 0. The van der Waals surface area contributed by atoms with Crippen molar-refractivity contribution in [3.63, 3.8) is 0 Å². The molecule has 0 aromatic heterocycles. The number of nitrogens with zero attached hydrogens (tertiary/aromatic N) is 1. The number of anilines is 1. The van der Waals surface area contributed by atoms with Gasteiger partial charge in [0, 0.05) is 17.5 Å². The molecule has 0 bridgehead atoms. The largest absolute Gasteiger partial charge is 0.493 e. The predicted molar refractivity (Wildman–Crippen MR) is 113 cm³/mol. The number of para-hydroxylation sites is 1. The Balaban J connectivity index is 1.62. The van der Waals surface area contributed by atoms with E-state index in [0.29, 0.717) is 28.5 Å². The van der Waals surface area contributed by atoms with Crippen LogP contribution in [0.4, 0.5) is 5.69 Å². The monoisotopic (exact) mass is 438 g/mol. The van der Waals surface area contributed by atoms with E-state index in [1.165, 1.54) is 14.2 Å². The lowest BCUT2D eigenvalue weighted by molar-refractivity contribution is -0.131. The SMILES string of the molecule is COc1ccc(N2C(=O)[C@H]3[C@H](SC(N)=C4C(=O)Oc5ccccc5[C@@H]43)C2=O)cc1OC. The van der Waals surface area contributed by atoms with Gasteiger partial charge in [0.05, 0.1) is 36.4 Å². The topological polar surface area (TPSA) is 108 Å². The van der Waals surface area contributed by atoms with Crippen molar-refractivity contribution in [2.24, 2.45) is 11.7 Å². The second-order valence-electron chi connectivity index (χ2n) is 7.30. The first-order chi connectivity index (χ1) is 15.0. The van der Waals surface area contributed by atoms with Crippen molar-refractivity contribution in [1.29, 1.82) is 0 Å². The Morgan fingerprint density at radius 1 is 1.00 bits per heavy atom. The fraction of sp³-hybridized carbons (Fsp3) is 0.227. The molecule has 3 atom stereocenters. The predicted octanol–water partition coefficient (Wildman–Crippen LogP) is 2.18. The number of imide groups is 1. The number of benzene rings is 2. The Bertz CT molecular complexity index is 1180. The number of esters is 1. The van der Waals surface area contributed by atoms with Gasteiger partial charge < -0.3 is 19.9 Å². The molecule has 3 heterocycles. The number of hydrogen-bond acceptors (Lipinski definition) is 8. The summed E-state index contributed by atoms with van der Waals surface area (Å²) < 4.78 is 16.0. The highest BCUT2D eigenvalue weighted by molar-refractivity contribution is 8.04. The highest BCUT2D eigenvalue weighted by atomic mass is 32.2. The minimum Gasteiger partial charge on any atom is -0.493 e. The zero-order valence-electron chi connectivity index (χ0n) is 16.7. The lowest BCUT2D eigenvalue weighted by Gasteiger charge is -2.36. The minimum atomic E-state index is -0.776. The summed E-state index contributed by atoms with van der Waals surface area (Å²) in [6, 6.07) is 11.9. The van der Waals surface area contributed by atoms with Crippen LogP contribution in [0.3, 0.4) is 0 Å². The molecule has 0 spiro atoms. The van der Waals surface area contributed by atoms with Crippen molar-refractivity contribution in [2.45, 2.75) is 11.2 Å². The number of rotatable bonds is 3. The third kappa shape index (κ3) is 2.73. The van der Waals surface area contributed by atoms with Crippen LogP contribution < -0.4 is 24.8 Å². The van der Waals surface area contributed by atoms with Crippen molar-refractivity contribution in [2.75, 3.05) is 19.1 Å². The van der Waals surface area contributed by atoms with E-state index in [4.69, 9.17) is 19.9 Å². The van der Waals surface area contributed by atoms with Crippen molar-refractivity contribution in [3.8, 4) is 17.2 Å². The molecule has 9 heteroatoms. The third-order valence-electron chi connectivity index (χ3n) is 5.79. The number of fused-ring (bicyclic) bond motifs is 5. The van der Waals surface area contributed by atoms with E-state index >= 15 is 0 Å². The van der Waals surface area contributed by atoms with E-state index in [0.717, 1.165) is 16.7 Å². The molecule has 0 radical (unpaired) electrons. The maximum atomic E-state index is 13.6. The number of carbonyl (C=O) groups is 3. The molecule has 0 unspecified atom stereocenters. The Morgan fingerprint density at radius 3 is 2.48 bits per heavy atom. The van der Waals surface area contributed by atoms with Crippen molar-refractivity contribution in [1.82, 2.24) is 0 Å². The van der Waals surface area contributed by atoms with Crippen LogP contribution >= 0.6 is 11.8 Å². The molecule has 8 nitrogen and oxygen atoms in total. The van der Waals surface area contributed by atoms with Gasteiger partial charge in [0.25, 0.3) is 0 Å². The van der Waals surface area contributed by atoms with Crippen LogP contribution in [0, 0.1) is 5.92 Å². The summed E-state index contributed by atoms with van der Waals surface area (Å²) >= 11 is 1.04. The molecule has 5 rings (SSSR count). The second-order valence-corrected chi connectivity index (χ2v) is 8.48. The van der Waals surface area contributed by atoms with Crippen LogP contribution in [0.15, 0.2) is 53.1 Å². The van der Waals surface area contributed by atoms with Crippen LogP contribution in [0.5, 0.6) is 17.2 Å². The van der Waals surface area contributed by atoms with Crippen molar-refractivity contribution >= 4 is 35.2 Å². The lowest BCUT2D eigenvalue weighted by Crippen LogP contribution is -2.39.